The van der Waals surface area contributed by atoms with E-state index in [4.69, 9.17) is 0 Å². The van der Waals surface area contributed by atoms with Gasteiger partial charge in [-0.2, -0.15) is 13.2 Å². The lowest BCUT2D eigenvalue weighted by Crippen LogP contribution is -2.29. The van der Waals surface area contributed by atoms with Crippen LogP contribution >= 0.6 is 0 Å². The van der Waals surface area contributed by atoms with Crippen LogP contribution in [0.2, 0.25) is 0 Å². The van der Waals surface area contributed by atoms with Crippen molar-refractivity contribution >= 4 is 5.69 Å². The van der Waals surface area contributed by atoms with Gasteiger partial charge in [-0.05, 0) is 48.9 Å². The first-order chi connectivity index (χ1) is 9.49. The van der Waals surface area contributed by atoms with Crippen LogP contribution in [0.5, 0.6) is 0 Å². The van der Waals surface area contributed by atoms with Gasteiger partial charge < -0.3 is 4.90 Å². The quantitative estimate of drug-likeness (QED) is 0.711. The summed E-state index contributed by atoms with van der Waals surface area (Å²) in [5, 5.41) is 0. The second-order valence-electron chi connectivity index (χ2n) is 6.28. The Bertz CT molecular complexity index is 458. The number of nitrogens with zero attached hydrogens (tertiary/aromatic N) is 1. The van der Waals surface area contributed by atoms with E-state index in [1.165, 1.54) is 50.7 Å². The first-order valence-corrected chi connectivity index (χ1v) is 7.41. The van der Waals surface area contributed by atoms with Gasteiger partial charge in [0.15, 0.2) is 0 Å². The number of hydrogen-bond donors (Lipinski definition) is 0. The highest BCUT2D eigenvalue weighted by atomic mass is 19.4. The monoisotopic (exact) mass is 283 g/mol. The number of rotatable bonds is 1. The number of halogens is 3. The Morgan fingerprint density at radius 1 is 0.900 bits per heavy atom. The van der Waals surface area contributed by atoms with Crippen LogP contribution in [0.3, 0.4) is 0 Å². The Balaban J connectivity index is 1.71. The van der Waals surface area contributed by atoms with E-state index in [2.05, 4.69) is 4.90 Å². The summed E-state index contributed by atoms with van der Waals surface area (Å²) in [6.45, 7) is 1.99. The molecule has 4 heteroatoms. The average molecular weight is 283 g/mol. The third-order valence-electron chi connectivity index (χ3n) is 4.91. The molecule has 1 aliphatic carbocycles. The van der Waals surface area contributed by atoms with E-state index in [1.54, 1.807) is 12.1 Å². The van der Waals surface area contributed by atoms with Crippen LogP contribution in [0, 0.1) is 5.41 Å². The highest BCUT2D eigenvalue weighted by Gasteiger charge is 2.39. The van der Waals surface area contributed by atoms with Crippen molar-refractivity contribution in [2.45, 2.75) is 44.7 Å². The van der Waals surface area contributed by atoms with Crippen LogP contribution in [0.25, 0.3) is 0 Å². The minimum absolute atomic E-state index is 0.431. The molecule has 0 unspecified atom stereocenters. The van der Waals surface area contributed by atoms with Crippen LogP contribution in [0.1, 0.15) is 44.1 Å². The third-order valence-corrected chi connectivity index (χ3v) is 4.91. The van der Waals surface area contributed by atoms with Crippen molar-refractivity contribution in [2.24, 2.45) is 5.41 Å². The van der Waals surface area contributed by atoms with Crippen LogP contribution in [0.15, 0.2) is 24.3 Å². The summed E-state index contributed by atoms with van der Waals surface area (Å²) in [6.07, 6.45) is 3.46. The molecule has 2 fully saturated rings. The predicted molar refractivity (Wildman–Crippen MR) is 73.8 cm³/mol. The summed E-state index contributed by atoms with van der Waals surface area (Å²) in [5.74, 6) is 0. The van der Waals surface area contributed by atoms with Crippen molar-refractivity contribution in [3.8, 4) is 0 Å². The van der Waals surface area contributed by atoms with E-state index >= 15 is 0 Å². The van der Waals surface area contributed by atoms with Gasteiger partial charge in [0.05, 0.1) is 5.56 Å². The highest BCUT2D eigenvalue weighted by Crippen LogP contribution is 2.45. The fourth-order valence-corrected chi connectivity index (χ4v) is 3.73. The van der Waals surface area contributed by atoms with Crippen molar-refractivity contribution in [3.63, 3.8) is 0 Å². The fraction of sp³-hybridized carbons (Fsp3) is 0.625. The maximum atomic E-state index is 12.6. The molecule has 1 aromatic carbocycles. The van der Waals surface area contributed by atoms with Crippen LogP contribution in [-0.2, 0) is 6.18 Å². The number of anilines is 1. The van der Waals surface area contributed by atoms with E-state index in [0.29, 0.717) is 5.41 Å². The van der Waals surface area contributed by atoms with Gasteiger partial charge in [-0.1, -0.05) is 19.3 Å². The van der Waals surface area contributed by atoms with Crippen LogP contribution < -0.4 is 4.90 Å². The summed E-state index contributed by atoms with van der Waals surface area (Å²) in [7, 11) is 0. The van der Waals surface area contributed by atoms with Crippen molar-refractivity contribution in [1.29, 1.82) is 0 Å². The topological polar surface area (TPSA) is 3.24 Å². The molecule has 1 heterocycles. The predicted octanol–water partition coefficient (Wildman–Crippen LogP) is 4.87. The first-order valence-electron chi connectivity index (χ1n) is 7.41. The summed E-state index contributed by atoms with van der Waals surface area (Å²) in [6, 6.07) is 5.62. The molecular weight excluding hydrogens is 263 g/mol. The summed E-state index contributed by atoms with van der Waals surface area (Å²) in [4.78, 5) is 2.26. The Hall–Kier alpha value is -1.19. The summed E-state index contributed by atoms with van der Waals surface area (Å²) in [5.41, 5.74) is 0.800. The van der Waals surface area contributed by atoms with Crippen molar-refractivity contribution < 1.29 is 13.2 Å². The normalized spacial score (nSPS) is 22.4. The average Bonchev–Trinajstić information content (AvgIpc) is 2.83. The van der Waals surface area contributed by atoms with Crippen LogP contribution in [-0.4, -0.2) is 13.1 Å². The minimum Gasteiger partial charge on any atom is -0.371 e. The maximum absolute atomic E-state index is 12.6. The third kappa shape index (κ3) is 2.65. The van der Waals surface area contributed by atoms with Crippen molar-refractivity contribution in [3.05, 3.63) is 29.8 Å². The lowest BCUT2D eigenvalue weighted by atomic mass is 9.73. The Kier molecular flexibility index (Phi) is 3.43. The number of hydrogen-bond acceptors (Lipinski definition) is 1. The zero-order valence-electron chi connectivity index (χ0n) is 11.5. The maximum Gasteiger partial charge on any atom is 0.416 e. The van der Waals surface area contributed by atoms with Gasteiger partial charge in [-0.25, -0.2) is 0 Å². The smallest absolute Gasteiger partial charge is 0.371 e. The van der Waals surface area contributed by atoms with Gasteiger partial charge >= 0.3 is 6.18 Å². The van der Waals surface area contributed by atoms with Gasteiger partial charge in [0.2, 0.25) is 0 Å². The molecule has 1 aliphatic heterocycles. The molecule has 0 aromatic heterocycles. The molecule has 110 valence electrons. The Morgan fingerprint density at radius 3 is 2.15 bits per heavy atom. The zero-order valence-corrected chi connectivity index (χ0v) is 11.5. The van der Waals surface area contributed by atoms with E-state index in [9.17, 15) is 13.2 Å². The lowest BCUT2D eigenvalue weighted by Gasteiger charge is -2.33. The minimum atomic E-state index is -4.24. The molecule has 1 spiro atoms. The molecule has 0 atom stereocenters. The highest BCUT2D eigenvalue weighted by molar-refractivity contribution is 5.49. The lowest BCUT2D eigenvalue weighted by molar-refractivity contribution is -0.137. The molecule has 2 aliphatic rings. The second-order valence-corrected chi connectivity index (χ2v) is 6.28. The molecule has 0 amide bonds. The Morgan fingerprint density at radius 2 is 1.55 bits per heavy atom. The summed E-state index contributed by atoms with van der Waals surface area (Å²) < 4.78 is 37.7. The molecule has 20 heavy (non-hydrogen) atoms. The molecular formula is C16H20F3N. The number of alkyl halides is 3. The van der Waals surface area contributed by atoms with Crippen LogP contribution in [0.4, 0.5) is 18.9 Å². The standard InChI is InChI=1S/C16H20F3N/c17-16(18,19)13-4-6-14(7-5-13)20-11-10-15(12-20)8-2-1-3-9-15/h4-7H,1-3,8-12H2. The van der Waals surface area contributed by atoms with E-state index < -0.39 is 11.7 Å². The fourth-order valence-electron chi connectivity index (χ4n) is 3.73. The molecule has 0 radical (unpaired) electrons. The summed E-state index contributed by atoms with van der Waals surface area (Å²) >= 11 is 0. The van der Waals surface area contributed by atoms with E-state index in [-0.39, 0.29) is 0 Å². The SMILES string of the molecule is FC(F)(F)c1ccc(N2CCC3(CCCCC3)C2)cc1. The molecule has 0 bridgehead atoms. The second kappa shape index (κ2) is 4.97. The molecule has 1 saturated carbocycles. The van der Waals surface area contributed by atoms with Gasteiger partial charge in [0, 0.05) is 18.8 Å². The van der Waals surface area contributed by atoms with Gasteiger partial charge in [-0.3, -0.25) is 0 Å². The molecule has 0 N–H and O–H groups in total. The van der Waals surface area contributed by atoms with Gasteiger partial charge in [0.1, 0.15) is 0 Å². The van der Waals surface area contributed by atoms with E-state index in [1.807, 2.05) is 0 Å². The molecule has 1 saturated heterocycles. The largest absolute Gasteiger partial charge is 0.416 e. The zero-order chi connectivity index (χ0) is 14.2. The molecule has 3 rings (SSSR count). The van der Waals surface area contributed by atoms with Crippen molar-refractivity contribution in [1.82, 2.24) is 0 Å². The Labute approximate surface area is 117 Å². The van der Waals surface area contributed by atoms with Gasteiger partial charge in [0.25, 0.3) is 0 Å². The van der Waals surface area contributed by atoms with E-state index in [0.717, 1.165) is 18.8 Å². The van der Waals surface area contributed by atoms with Crippen molar-refractivity contribution in [2.75, 3.05) is 18.0 Å². The first kappa shape index (κ1) is 13.8. The van der Waals surface area contributed by atoms with Gasteiger partial charge in [-0.15, -0.1) is 0 Å². The molecule has 1 nitrogen and oxygen atoms in total. The number of benzene rings is 1. The molecule has 1 aromatic rings.